The SMILES string of the molecule is CCCc1ccco1.[H+]. The van der Waals surface area contributed by atoms with E-state index in [-0.39, 0.29) is 1.43 Å². The Morgan fingerprint density at radius 3 is 3.12 bits per heavy atom. The molecule has 0 unspecified atom stereocenters. The van der Waals surface area contributed by atoms with Crippen molar-refractivity contribution < 1.29 is 5.84 Å². The van der Waals surface area contributed by atoms with Gasteiger partial charge in [-0.2, -0.15) is 0 Å². The number of hydrogen-bond donors (Lipinski definition) is 0. The molecule has 8 heavy (non-hydrogen) atoms. The van der Waals surface area contributed by atoms with E-state index in [1.165, 1.54) is 0 Å². The number of furan rings is 1. The molecule has 0 atom stereocenters. The summed E-state index contributed by atoms with van der Waals surface area (Å²) < 4.78 is 5.07. The first-order chi connectivity index (χ1) is 3.93. The maximum atomic E-state index is 5.07. The van der Waals surface area contributed by atoms with E-state index in [1.54, 1.807) is 6.26 Å². The Bertz CT molecular complexity index is 135. The first-order valence-electron chi connectivity index (χ1n) is 2.96. The predicted molar refractivity (Wildman–Crippen MR) is 33.8 cm³/mol. The van der Waals surface area contributed by atoms with Gasteiger partial charge in [-0.1, -0.05) is 6.92 Å². The van der Waals surface area contributed by atoms with Crippen molar-refractivity contribution in [1.82, 2.24) is 0 Å². The molecule has 0 N–H and O–H groups in total. The molecule has 0 spiro atoms. The molecule has 0 aromatic carbocycles. The molecule has 0 aliphatic heterocycles. The van der Waals surface area contributed by atoms with Crippen LogP contribution in [0.4, 0.5) is 0 Å². The van der Waals surface area contributed by atoms with Crippen LogP contribution in [0.1, 0.15) is 20.5 Å². The van der Waals surface area contributed by atoms with Crippen LogP contribution < -0.4 is 0 Å². The Morgan fingerprint density at radius 2 is 2.62 bits per heavy atom. The molecule has 0 bridgehead atoms. The summed E-state index contributed by atoms with van der Waals surface area (Å²) in [6.07, 6.45) is 3.94. The normalized spacial score (nSPS) is 9.62. The van der Waals surface area contributed by atoms with Gasteiger partial charge in [0, 0.05) is 6.42 Å². The molecule has 0 saturated heterocycles. The summed E-state index contributed by atoms with van der Waals surface area (Å²) in [4.78, 5) is 0. The lowest BCUT2D eigenvalue weighted by Crippen LogP contribution is -1.73. The van der Waals surface area contributed by atoms with Crippen LogP contribution >= 0.6 is 0 Å². The van der Waals surface area contributed by atoms with Gasteiger partial charge in [-0.25, -0.2) is 0 Å². The zero-order valence-electron chi connectivity index (χ0n) is 6.05. The van der Waals surface area contributed by atoms with E-state index in [2.05, 4.69) is 6.92 Å². The van der Waals surface area contributed by atoms with Crippen LogP contribution in [-0.4, -0.2) is 0 Å². The van der Waals surface area contributed by atoms with E-state index >= 15 is 0 Å². The molecule has 0 saturated carbocycles. The first-order valence-corrected chi connectivity index (χ1v) is 2.96. The molecule has 1 rings (SSSR count). The van der Waals surface area contributed by atoms with Gasteiger partial charge in [-0.3, -0.25) is 0 Å². The van der Waals surface area contributed by atoms with Crippen LogP contribution in [0.2, 0.25) is 0 Å². The average Bonchev–Trinajstić information content (AvgIpc) is 2.19. The fraction of sp³-hybridized carbons (Fsp3) is 0.429. The highest BCUT2D eigenvalue weighted by molar-refractivity contribution is 4.97. The van der Waals surface area contributed by atoms with Crippen molar-refractivity contribution in [3.63, 3.8) is 0 Å². The second kappa shape index (κ2) is 2.55. The quantitative estimate of drug-likeness (QED) is 0.571. The van der Waals surface area contributed by atoms with Gasteiger partial charge in [-0.05, 0) is 18.6 Å². The Balaban J connectivity index is 0.000000640. The van der Waals surface area contributed by atoms with Crippen molar-refractivity contribution in [3.05, 3.63) is 24.2 Å². The molecule has 44 valence electrons. The molecular weight excluding hydrogens is 100 g/mol. The van der Waals surface area contributed by atoms with Crippen molar-refractivity contribution in [2.45, 2.75) is 19.8 Å². The highest BCUT2D eigenvalue weighted by atomic mass is 16.3. The topological polar surface area (TPSA) is 13.1 Å². The van der Waals surface area contributed by atoms with E-state index in [0.29, 0.717) is 0 Å². The molecule has 0 aliphatic carbocycles. The Hall–Kier alpha value is -0.720. The molecule has 0 fully saturated rings. The van der Waals surface area contributed by atoms with Crippen molar-refractivity contribution in [2.75, 3.05) is 0 Å². The van der Waals surface area contributed by atoms with E-state index in [0.717, 1.165) is 18.6 Å². The van der Waals surface area contributed by atoms with Crippen LogP contribution in [0.25, 0.3) is 0 Å². The molecule has 1 aromatic heterocycles. The Labute approximate surface area is 50.8 Å². The molecule has 1 heterocycles. The van der Waals surface area contributed by atoms with Crippen molar-refractivity contribution in [2.24, 2.45) is 0 Å². The minimum absolute atomic E-state index is 0. The standard InChI is InChI=1S/C7H10O/c1-2-4-7-5-3-6-8-7/h3,5-6H,2,4H2,1H3/p+1. The van der Waals surface area contributed by atoms with Gasteiger partial charge in [0.1, 0.15) is 5.76 Å². The third-order valence-electron chi connectivity index (χ3n) is 1.08. The van der Waals surface area contributed by atoms with Crippen molar-refractivity contribution >= 4 is 0 Å². The minimum atomic E-state index is 0. The summed E-state index contributed by atoms with van der Waals surface area (Å²) in [5, 5.41) is 0. The third-order valence-corrected chi connectivity index (χ3v) is 1.08. The Morgan fingerprint density at radius 1 is 1.75 bits per heavy atom. The van der Waals surface area contributed by atoms with Crippen LogP contribution in [0, 0.1) is 0 Å². The van der Waals surface area contributed by atoms with Crippen LogP contribution in [0.15, 0.2) is 22.8 Å². The van der Waals surface area contributed by atoms with Gasteiger partial charge in [-0.15, -0.1) is 0 Å². The van der Waals surface area contributed by atoms with Crippen LogP contribution in [0.5, 0.6) is 0 Å². The smallest absolute Gasteiger partial charge is 0.469 e. The molecule has 0 aliphatic rings. The summed E-state index contributed by atoms with van der Waals surface area (Å²) in [5.41, 5.74) is 0. The van der Waals surface area contributed by atoms with E-state index in [1.807, 2.05) is 12.1 Å². The average molecular weight is 111 g/mol. The maximum absolute atomic E-state index is 5.07. The number of rotatable bonds is 2. The zero-order chi connectivity index (χ0) is 5.82. The fourth-order valence-electron chi connectivity index (χ4n) is 0.701. The summed E-state index contributed by atoms with van der Waals surface area (Å²) >= 11 is 0. The van der Waals surface area contributed by atoms with E-state index < -0.39 is 0 Å². The van der Waals surface area contributed by atoms with Crippen molar-refractivity contribution in [1.29, 1.82) is 0 Å². The summed E-state index contributed by atoms with van der Waals surface area (Å²) in [7, 11) is 0. The van der Waals surface area contributed by atoms with E-state index in [4.69, 9.17) is 4.42 Å². The maximum Gasteiger partial charge on any atom is 1.00 e. The van der Waals surface area contributed by atoms with Gasteiger partial charge in [0.05, 0.1) is 6.26 Å². The van der Waals surface area contributed by atoms with E-state index in [9.17, 15) is 0 Å². The lowest BCUT2D eigenvalue weighted by molar-refractivity contribution is 0.506. The largest absolute Gasteiger partial charge is 1.00 e. The van der Waals surface area contributed by atoms with Crippen LogP contribution in [-0.2, 0) is 6.42 Å². The third kappa shape index (κ3) is 1.12. The monoisotopic (exact) mass is 111 g/mol. The molecule has 0 radical (unpaired) electrons. The fourth-order valence-corrected chi connectivity index (χ4v) is 0.701. The molecule has 0 amide bonds. The highest BCUT2D eigenvalue weighted by Gasteiger charge is 1.88. The van der Waals surface area contributed by atoms with Crippen LogP contribution in [0.3, 0.4) is 0 Å². The van der Waals surface area contributed by atoms with Gasteiger partial charge in [0.15, 0.2) is 0 Å². The first kappa shape index (κ1) is 5.42. The molecule has 1 heteroatoms. The molecule has 1 nitrogen and oxygen atoms in total. The molecule has 1 aromatic rings. The van der Waals surface area contributed by atoms with Gasteiger partial charge in [0.2, 0.25) is 0 Å². The minimum Gasteiger partial charge on any atom is -0.469 e. The Kier molecular flexibility index (Phi) is 1.73. The van der Waals surface area contributed by atoms with Crippen molar-refractivity contribution in [3.8, 4) is 0 Å². The highest BCUT2D eigenvalue weighted by Crippen LogP contribution is 2.01. The summed E-state index contributed by atoms with van der Waals surface area (Å²) in [6, 6.07) is 3.93. The summed E-state index contributed by atoms with van der Waals surface area (Å²) in [6.45, 7) is 2.14. The predicted octanol–water partition coefficient (Wildman–Crippen LogP) is 2.34. The van der Waals surface area contributed by atoms with Gasteiger partial charge < -0.3 is 4.42 Å². The second-order valence-electron chi connectivity index (χ2n) is 1.83. The lowest BCUT2D eigenvalue weighted by atomic mass is 10.3. The number of aryl methyl sites for hydroxylation is 1. The van der Waals surface area contributed by atoms with Gasteiger partial charge >= 0.3 is 1.43 Å². The summed E-state index contributed by atoms with van der Waals surface area (Å²) in [5.74, 6) is 1.09. The van der Waals surface area contributed by atoms with Gasteiger partial charge in [0.25, 0.3) is 0 Å². The lowest BCUT2D eigenvalue weighted by Gasteiger charge is -1.85. The number of hydrogen-bond acceptors (Lipinski definition) is 1. The molecular formula is C7H11O+. The second-order valence-corrected chi connectivity index (χ2v) is 1.83. The zero-order valence-corrected chi connectivity index (χ0v) is 5.05.